The van der Waals surface area contributed by atoms with Crippen molar-refractivity contribution in [2.24, 2.45) is 0 Å². The van der Waals surface area contributed by atoms with Crippen LogP contribution in [0.25, 0.3) is 10.9 Å². The molecule has 0 bridgehead atoms. The molecule has 4 aromatic rings. The van der Waals surface area contributed by atoms with Crippen LogP contribution in [0.15, 0.2) is 47.4 Å². The van der Waals surface area contributed by atoms with Gasteiger partial charge < -0.3 is 39.6 Å². The van der Waals surface area contributed by atoms with Crippen LogP contribution in [0.5, 0.6) is 5.75 Å². The number of hydrogen-bond donors (Lipinski definition) is 4. The third kappa shape index (κ3) is 8.88. The van der Waals surface area contributed by atoms with Gasteiger partial charge in [-0.3, -0.25) is 34.2 Å². The average Bonchev–Trinajstić information content (AvgIpc) is 3.61. The minimum Gasteiger partial charge on any atom is -0.478 e. The number of aliphatic hydroxyl groups is 1. The molecule has 17 nitrogen and oxygen atoms in total. The molecular formula is C46H53ClFN9O8. The van der Waals surface area contributed by atoms with Crippen LogP contribution in [0.3, 0.4) is 0 Å². The summed E-state index contributed by atoms with van der Waals surface area (Å²) in [6.45, 7) is 6.00. The second kappa shape index (κ2) is 18.3. The first-order valence-electron chi connectivity index (χ1n) is 22.4. The molecule has 2 aromatic heterocycles. The van der Waals surface area contributed by atoms with Crippen LogP contribution in [0, 0.1) is 5.82 Å². The lowest BCUT2D eigenvalue weighted by molar-refractivity contribution is -0.137. The fourth-order valence-electron chi connectivity index (χ4n) is 9.93. The molecule has 19 heteroatoms. The summed E-state index contributed by atoms with van der Waals surface area (Å²) in [5.41, 5.74) is 1.93. The number of benzene rings is 2. The lowest BCUT2D eigenvalue weighted by Crippen LogP contribution is -2.55. The number of nitrogens with one attached hydrogen (secondary N) is 3. The minimum atomic E-state index is -0.824. The first-order chi connectivity index (χ1) is 31.3. The van der Waals surface area contributed by atoms with Crippen molar-refractivity contribution in [3.63, 3.8) is 0 Å². The molecule has 0 radical (unpaired) electrons. The minimum absolute atomic E-state index is 0.0493. The zero-order chi connectivity index (χ0) is 45.7. The molecule has 3 saturated heterocycles. The molecule has 4 amide bonds. The van der Waals surface area contributed by atoms with Gasteiger partial charge in [0.15, 0.2) is 18.2 Å². The Morgan fingerprint density at radius 1 is 1.03 bits per heavy atom. The molecular weight excluding hydrogens is 861 g/mol. The first-order valence-corrected chi connectivity index (χ1v) is 22.7. The van der Waals surface area contributed by atoms with Crippen molar-refractivity contribution in [1.29, 1.82) is 0 Å². The van der Waals surface area contributed by atoms with Gasteiger partial charge >= 0.3 is 0 Å². The summed E-state index contributed by atoms with van der Waals surface area (Å²) in [5, 5.41) is 20.5. The smallest absolute Gasteiger partial charge is 0.293 e. The van der Waals surface area contributed by atoms with Crippen LogP contribution in [-0.4, -0.2) is 123 Å². The van der Waals surface area contributed by atoms with Gasteiger partial charge in [-0.1, -0.05) is 17.7 Å². The number of nitrogens with zero attached hydrogens (tertiary/aromatic N) is 6. The number of anilines is 3. The summed E-state index contributed by atoms with van der Waals surface area (Å²) in [6.07, 6.45) is 5.19. The van der Waals surface area contributed by atoms with Crippen molar-refractivity contribution in [3.05, 3.63) is 80.5 Å². The predicted molar refractivity (Wildman–Crippen MR) is 239 cm³/mol. The van der Waals surface area contributed by atoms with E-state index in [-0.39, 0.29) is 84.5 Å². The van der Waals surface area contributed by atoms with Gasteiger partial charge in [0, 0.05) is 73.3 Å². The van der Waals surface area contributed by atoms with Crippen molar-refractivity contribution in [2.45, 2.75) is 108 Å². The summed E-state index contributed by atoms with van der Waals surface area (Å²) in [6, 6.07) is 9.70. The van der Waals surface area contributed by atoms with Crippen molar-refractivity contribution in [3.8, 4) is 5.75 Å². The van der Waals surface area contributed by atoms with Crippen LogP contribution in [-0.2, 0) is 25.7 Å². The molecule has 0 spiro atoms. The molecule has 1 unspecified atom stereocenters. The van der Waals surface area contributed by atoms with E-state index in [1.165, 1.54) is 11.9 Å². The molecule has 4 N–H and O–H groups in total. The highest BCUT2D eigenvalue weighted by molar-refractivity contribution is 6.33. The molecule has 4 aliphatic heterocycles. The maximum absolute atomic E-state index is 16.1. The molecule has 344 valence electrons. The molecule has 5 aliphatic rings. The topological polar surface area (TPSA) is 201 Å². The van der Waals surface area contributed by atoms with Crippen LogP contribution in [0.4, 0.5) is 21.8 Å². The molecule has 3 atom stereocenters. The van der Waals surface area contributed by atoms with Crippen molar-refractivity contribution >= 4 is 63.6 Å². The van der Waals surface area contributed by atoms with Gasteiger partial charge in [-0.25, -0.2) is 9.37 Å². The first kappa shape index (κ1) is 44.5. The Morgan fingerprint density at radius 2 is 1.82 bits per heavy atom. The standard InChI is InChI=1S/C46H53ClFN9O8/c1-24(2)57-35-7-4-26(16-25(35)17-38(45(57)63)64-23-40(60)49-3)51-42-34(47)20-50-46(53-42)54-13-10-28(11-14-54)65-29-18-27(19-29)55-15-12-30(37(58)22-55)31-5-6-32-33(41(31)48)21-56(44(32)62)36-8-9-39(59)52-43(36)61/h4-7,16-17,20,24,27-30,36-37,58H,8-15,18-19,21-23H2,1-3H3,(H,49,60)(H,50,51,53)(H,52,59,61)/t27-,29-,30-,36?,37-/m1/s1. The van der Waals surface area contributed by atoms with E-state index >= 15 is 4.39 Å². The number of likely N-dealkylation sites (N-methyl/N-ethyl adjacent to an activating group) is 1. The number of pyridine rings is 1. The normalized spacial score (nSPS) is 24.0. The van der Waals surface area contributed by atoms with E-state index in [0.29, 0.717) is 66.2 Å². The molecule has 9 rings (SSSR count). The second-order valence-corrected chi connectivity index (χ2v) is 18.3. The molecule has 65 heavy (non-hydrogen) atoms. The summed E-state index contributed by atoms with van der Waals surface area (Å²) in [5.74, 6) is -1.57. The van der Waals surface area contributed by atoms with E-state index in [0.717, 1.165) is 31.1 Å². The SMILES string of the molecule is CNC(=O)COc1cc2cc(Nc3nc(N4CCC(O[C@H]5C[C@H](N6CC[C@H](c7ccc8c(c7F)CN(C7CCC(=O)NC7=O)C8=O)[C@H](O)C6)C5)CC4)ncc3Cl)ccc2n(C(C)C)c1=O. The largest absolute Gasteiger partial charge is 0.478 e. The van der Waals surface area contributed by atoms with E-state index in [9.17, 15) is 29.1 Å². The second-order valence-electron chi connectivity index (χ2n) is 17.9. The molecule has 1 saturated carbocycles. The highest BCUT2D eigenvalue weighted by Gasteiger charge is 2.44. The van der Waals surface area contributed by atoms with Gasteiger partial charge in [0.25, 0.3) is 17.4 Å². The average molecular weight is 914 g/mol. The number of amides is 4. The number of piperidine rings is 3. The van der Waals surface area contributed by atoms with Crippen LogP contribution in [0.1, 0.15) is 92.2 Å². The lowest BCUT2D eigenvalue weighted by atomic mass is 9.81. The summed E-state index contributed by atoms with van der Waals surface area (Å²) in [7, 11) is 1.50. The summed E-state index contributed by atoms with van der Waals surface area (Å²) >= 11 is 6.59. The van der Waals surface area contributed by atoms with E-state index in [1.54, 1.807) is 29.0 Å². The van der Waals surface area contributed by atoms with Gasteiger partial charge in [-0.15, -0.1) is 0 Å². The maximum atomic E-state index is 16.1. The van der Waals surface area contributed by atoms with E-state index < -0.39 is 35.7 Å². The van der Waals surface area contributed by atoms with Gasteiger partial charge in [0.1, 0.15) is 16.9 Å². The number of carbonyl (C=O) groups excluding carboxylic acids is 4. The maximum Gasteiger partial charge on any atom is 0.293 e. The van der Waals surface area contributed by atoms with Crippen LogP contribution in [0.2, 0.25) is 5.02 Å². The monoisotopic (exact) mass is 913 g/mol. The fraction of sp³-hybridized carbons (Fsp3) is 0.500. The predicted octanol–water partition coefficient (Wildman–Crippen LogP) is 4.16. The van der Waals surface area contributed by atoms with E-state index in [4.69, 9.17) is 26.1 Å². The Morgan fingerprint density at radius 3 is 2.54 bits per heavy atom. The van der Waals surface area contributed by atoms with Gasteiger partial charge in [0.2, 0.25) is 17.8 Å². The third-order valence-electron chi connectivity index (χ3n) is 13.5. The highest BCUT2D eigenvalue weighted by Crippen LogP contribution is 2.40. The zero-order valence-electron chi connectivity index (χ0n) is 36.5. The van der Waals surface area contributed by atoms with Crippen molar-refractivity contribution < 1.29 is 38.1 Å². The number of fused-ring (bicyclic) bond motifs is 2. The highest BCUT2D eigenvalue weighted by atomic mass is 35.5. The number of imide groups is 1. The van der Waals surface area contributed by atoms with Gasteiger partial charge in [-0.05, 0) is 94.8 Å². The fourth-order valence-corrected chi connectivity index (χ4v) is 10.1. The number of aliphatic hydroxyl groups excluding tert-OH is 1. The number of hydrogen-bond acceptors (Lipinski definition) is 13. The molecule has 6 heterocycles. The van der Waals surface area contributed by atoms with E-state index in [2.05, 4.69) is 30.7 Å². The Kier molecular flexibility index (Phi) is 12.5. The van der Waals surface area contributed by atoms with Crippen LogP contribution >= 0.6 is 11.6 Å². The Hall–Kier alpha value is -5.69. The van der Waals surface area contributed by atoms with Crippen LogP contribution < -0.4 is 31.1 Å². The Balaban J connectivity index is 0.756. The number of ether oxygens (including phenoxy) is 2. The molecule has 4 fully saturated rings. The Bertz CT molecular complexity index is 2600. The summed E-state index contributed by atoms with van der Waals surface area (Å²) in [4.78, 5) is 77.4. The number of β-amino-alcohol motifs (C(OH)–C–C–N with tert-alkyl or cyclic N) is 1. The zero-order valence-corrected chi connectivity index (χ0v) is 37.3. The lowest BCUT2D eigenvalue weighted by Gasteiger charge is -2.48. The quantitative estimate of drug-likeness (QED) is 0.148. The number of rotatable bonds is 12. The number of halogens is 2. The van der Waals surface area contributed by atoms with Gasteiger partial charge in [-0.2, -0.15) is 4.98 Å². The van der Waals surface area contributed by atoms with Gasteiger partial charge in [0.05, 0.1) is 36.6 Å². The summed E-state index contributed by atoms with van der Waals surface area (Å²) < 4.78 is 29.9. The number of aromatic nitrogens is 3. The number of likely N-dealkylation sites (tertiary alicyclic amines) is 1. The number of carbonyl (C=O) groups is 4. The third-order valence-corrected chi connectivity index (χ3v) is 13.8. The van der Waals surface area contributed by atoms with Crippen molar-refractivity contribution in [2.75, 3.05) is 50.1 Å². The van der Waals surface area contributed by atoms with E-state index in [1.807, 2.05) is 32.0 Å². The Labute approximate surface area is 379 Å². The molecule has 1 aliphatic carbocycles. The molecule has 2 aromatic carbocycles. The van der Waals surface area contributed by atoms with Crippen molar-refractivity contribution in [1.82, 2.24) is 35.0 Å².